The Morgan fingerprint density at radius 2 is 2.45 bits per heavy atom. The van der Waals surface area contributed by atoms with Crippen LogP contribution in [0.3, 0.4) is 0 Å². The monoisotopic (exact) mass is 252 g/mol. The third-order valence-corrected chi connectivity index (χ3v) is 3.50. The Morgan fingerprint density at radius 1 is 1.82 bits per heavy atom. The van der Waals surface area contributed by atoms with E-state index in [-0.39, 0.29) is 5.97 Å². The fourth-order valence-electron chi connectivity index (χ4n) is 0.619. The smallest absolute Gasteiger partial charge is 0.350 e. The van der Waals surface area contributed by atoms with E-state index in [1.165, 1.54) is 11.3 Å². The normalized spacial score (nSPS) is 9.73. The van der Waals surface area contributed by atoms with E-state index in [0.717, 1.165) is 9.35 Å². The molecule has 1 rings (SSSR count). The zero-order valence-electron chi connectivity index (χ0n) is 5.76. The number of halogens is 1. The highest BCUT2D eigenvalue weighted by Gasteiger charge is 2.10. The van der Waals surface area contributed by atoms with Gasteiger partial charge in [-0.25, -0.2) is 4.79 Å². The SMILES string of the molecule is Cc1cc(C(=O)OP)sc1Br. The molecule has 2 nitrogen and oxygen atoms in total. The molecular formula is C6H6BrO2PS. The van der Waals surface area contributed by atoms with Crippen LogP contribution in [0, 0.1) is 6.92 Å². The van der Waals surface area contributed by atoms with Crippen LogP contribution >= 0.6 is 36.7 Å². The molecule has 1 unspecified atom stereocenters. The fourth-order valence-corrected chi connectivity index (χ4v) is 2.25. The van der Waals surface area contributed by atoms with Gasteiger partial charge in [0.05, 0.1) is 13.3 Å². The first-order chi connectivity index (χ1) is 5.15. The Bertz CT molecular complexity index is 265. The van der Waals surface area contributed by atoms with Crippen LogP contribution in [0.5, 0.6) is 0 Å². The van der Waals surface area contributed by atoms with Crippen LogP contribution < -0.4 is 0 Å². The van der Waals surface area contributed by atoms with Crippen molar-refractivity contribution in [2.75, 3.05) is 0 Å². The van der Waals surface area contributed by atoms with E-state index in [0.29, 0.717) is 4.88 Å². The van der Waals surface area contributed by atoms with Crippen LogP contribution in [-0.2, 0) is 4.52 Å². The highest BCUT2D eigenvalue weighted by atomic mass is 79.9. The van der Waals surface area contributed by atoms with Crippen molar-refractivity contribution >= 4 is 42.7 Å². The van der Waals surface area contributed by atoms with Crippen LogP contribution in [0.1, 0.15) is 15.2 Å². The molecule has 0 aliphatic rings. The summed E-state index contributed by atoms with van der Waals surface area (Å²) in [6.07, 6.45) is 0. The zero-order chi connectivity index (χ0) is 8.43. The molecular weight excluding hydrogens is 247 g/mol. The fraction of sp³-hybridized carbons (Fsp3) is 0.167. The molecule has 1 aromatic rings. The molecule has 0 radical (unpaired) electrons. The second kappa shape index (κ2) is 3.65. The molecule has 0 bridgehead atoms. The van der Waals surface area contributed by atoms with Crippen LogP contribution in [0.4, 0.5) is 0 Å². The maximum atomic E-state index is 10.9. The molecule has 0 fully saturated rings. The van der Waals surface area contributed by atoms with Crippen LogP contribution in [0.15, 0.2) is 9.85 Å². The van der Waals surface area contributed by atoms with Gasteiger partial charge in [-0.15, -0.1) is 11.3 Å². The van der Waals surface area contributed by atoms with E-state index in [4.69, 9.17) is 0 Å². The van der Waals surface area contributed by atoms with Crippen molar-refractivity contribution in [3.05, 3.63) is 20.3 Å². The first kappa shape index (κ1) is 9.17. The molecule has 1 aromatic heterocycles. The summed E-state index contributed by atoms with van der Waals surface area (Å²) in [5, 5.41) is 0. The predicted octanol–water partition coefficient (Wildman–Crippen LogP) is 2.77. The topological polar surface area (TPSA) is 26.3 Å². The molecule has 5 heteroatoms. The maximum absolute atomic E-state index is 10.9. The van der Waals surface area contributed by atoms with Gasteiger partial charge in [-0.2, -0.15) is 0 Å². The van der Waals surface area contributed by atoms with E-state index in [9.17, 15) is 4.79 Å². The summed E-state index contributed by atoms with van der Waals surface area (Å²) in [6, 6.07) is 1.79. The molecule has 0 saturated carbocycles. The van der Waals surface area contributed by atoms with E-state index >= 15 is 0 Å². The van der Waals surface area contributed by atoms with Gasteiger partial charge in [0.1, 0.15) is 4.88 Å². The Labute approximate surface area is 79.4 Å². The van der Waals surface area contributed by atoms with Gasteiger partial charge in [-0.1, -0.05) is 0 Å². The summed E-state index contributed by atoms with van der Waals surface area (Å²) in [5.41, 5.74) is 1.06. The first-order valence-corrected chi connectivity index (χ1v) is 4.90. The highest BCUT2D eigenvalue weighted by molar-refractivity contribution is 9.11. The summed E-state index contributed by atoms with van der Waals surface area (Å²) in [5.74, 6) is -0.311. The van der Waals surface area contributed by atoms with Crippen molar-refractivity contribution in [2.24, 2.45) is 0 Å². The number of hydrogen-bond donors (Lipinski definition) is 0. The third-order valence-electron chi connectivity index (χ3n) is 1.17. The predicted molar refractivity (Wildman–Crippen MR) is 51.9 cm³/mol. The Morgan fingerprint density at radius 3 is 2.82 bits per heavy atom. The third kappa shape index (κ3) is 2.01. The molecule has 0 aliphatic carbocycles. The quantitative estimate of drug-likeness (QED) is 0.719. The average Bonchev–Trinajstić information content (AvgIpc) is 2.31. The lowest BCUT2D eigenvalue weighted by atomic mass is 10.3. The summed E-state index contributed by atoms with van der Waals surface area (Å²) in [6.45, 7) is 1.93. The molecule has 0 spiro atoms. The maximum Gasteiger partial charge on any atom is 0.350 e. The number of carbonyl (C=O) groups excluding carboxylic acids is 1. The number of thiophene rings is 1. The summed E-state index contributed by atoms with van der Waals surface area (Å²) >= 11 is 4.69. The van der Waals surface area contributed by atoms with Gasteiger partial charge in [0, 0.05) is 0 Å². The minimum atomic E-state index is -0.311. The summed E-state index contributed by atoms with van der Waals surface area (Å²) < 4.78 is 5.45. The Hall–Kier alpha value is 0.0800. The molecule has 0 amide bonds. The van der Waals surface area contributed by atoms with Crippen molar-refractivity contribution in [3.63, 3.8) is 0 Å². The number of rotatable bonds is 1. The molecule has 1 atom stereocenters. The lowest BCUT2D eigenvalue weighted by molar-refractivity contribution is 0.0770. The van der Waals surface area contributed by atoms with Gasteiger partial charge in [-0.3, -0.25) is 0 Å². The summed E-state index contributed by atoms with van der Waals surface area (Å²) in [4.78, 5) is 11.5. The minimum Gasteiger partial charge on any atom is -0.447 e. The standard InChI is InChI=1S/C6H6BrO2PS/c1-3-2-4(6(8)9-10)11-5(3)7/h2H,10H2,1H3. The molecule has 0 N–H and O–H groups in total. The molecule has 1 heterocycles. The lowest BCUT2D eigenvalue weighted by Gasteiger charge is -1.90. The number of aryl methyl sites for hydroxylation is 1. The van der Waals surface area contributed by atoms with E-state index in [1.54, 1.807) is 6.07 Å². The van der Waals surface area contributed by atoms with E-state index < -0.39 is 0 Å². The van der Waals surface area contributed by atoms with Crippen LogP contribution in [0.2, 0.25) is 0 Å². The Balaban J connectivity index is 2.97. The van der Waals surface area contributed by atoms with E-state index in [1.807, 2.05) is 16.4 Å². The van der Waals surface area contributed by atoms with Crippen molar-refractivity contribution in [3.8, 4) is 0 Å². The molecule has 0 aliphatic heterocycles. The molecule has 60 valence electrons. The van der Waals surface area contributed by atoms with Crippen LogP contribution in [0.25, 0.3) is 0 Å². The minimum absolute atomic E-state index is 0.311. The second-order valence-corrected chi connectivity index (χ2v) is 4.58. The summed E-state index contributed by atoms with van der Waals surface area (Å²) in [7, 11) is 1.93. The van der Waals surface area contributed by atoms with E-state index in [2.05, 4.69) is 20.5 Å². The highest BCUT2D eigenvalue weighted by Crippen LogP contribution is 2.27. The second-order valence-electron chi connectivity index (χ2n) is 1.97. The Kier molecular flexibility index (Phi) is 3.05. The number of carbonyl (C=O) groups is 1. The van der Waals surface area contributed by atoms with Crippen molar-refractivity contribution in [2.45, 2.75) is 6.92 Å². The van der Waals surface area contributed by atoms with Gasteiger partial charge in [0.15, 0.2) is 0 Å². The van der Waals surface area contributed by atoms with Gasteiger partial charge >= 0.3 is 5.97 Å². The lowest BCUT2D eigenvalue weighted by Crippen LogP contribution is -1.92. The van der Waals surface area contributed by atoms with Gasteiger partial charge < -0.3 is 4.52 Å². The zero-order valence-corrected chi connectivity index (χ0v) is 9.31. The van der Waals surface area contributed by atoms with Crippen molar-refractivity contribution in [1.82, 2.24) is 0 Å². The molecule has 11 heavy (non-hydrogen) atoms. The average molecular weight is 253 g/mol. The van der Waals surface area contributed by atoms with Gasteiger partial charge in [0.25, 0.3) is 0 Å². The first-order valence-electron chi connectivity index (χ1n) is 2.82. The van der Waals surface area contributed by atoms with Crippen molar-refractivity contribution < 1.29 is 9.32 Å². The van der Waals surface area contributed by atoms with Crippen molar-refractivity contribution in [1.29, 1.82) is 0 Å². The van der Waals surface area contributed by atoms with Crippen LogP contribution in [-0.4, -0.2) is 5.97 Å². The van der Waals surface area contributed by atoms with Gasteiger partial charge in [0.2, 0.25) is 0 Å². The molecule has 0 aromatic carbocycles. The van der Waals surface area contributed by atoms with Gasteiger partial charge in [-0.05, 0) is 34.5 Å². The molecule has 0 saturated heterocycles. The largest absolute Gasteiger partial charge is 0.447 e. The number of hydrogen-bond acceptors (Lipinski definition) is 3.